The van der Waals surface area contributed by atoms with E-state index in [1.807, 2.05) is 0 Å². The summed E-state index contributed by atoms with van der Waals surface area (Å²) in [4.78, 5) is 24.7. The molecule has 1 aliphatic heterocycles. The first-order valence-corrected chi connectivity index (χ1v) is 6.14. The molecule has 0 aromatic heterocycles. The lowest BCUT2D eigenvalue weighted by Crippen LogP contribution is -2.40. The number of hydrogen-bond donors (Lipinski definition) is 0. The van der Waals surface area contributed by atoms with Crippen molar-refractivity contribution in [2.24, 2.45) is 0 Å². The van der Waals surface area contributed by atoms with Crippen LogP contribution >= 0.6 is 0 Å². The fourth-order valence-corrected chi connectivity index (χ4v) is 1.89. The third-order valence-corrected chi connectivity index (χ3v) is 2.98. The molecule has 98 valence electrons. The predicted octanol–water partition coefficient (Wildman–Crippen LogP) is 0.967. The molecule has 1 amide bonds. The number of esters is 1. The summed E-state index contributed by atoms with van der Waals surface area (Å²) in [7, 11) is 1.80. The quantitative estimate of drug-likeness (QED) is 0.675. The van der Waals surface area contributed by atoms with Crippen molar-refractivity contribution >= 4 is 11.9 Å². The lowest BCUT2D eigenvalue weighted by molar-refractivity contribution is -0.146. The van der Waals surface area contributed by atoms with Crippen LogP contribution in [0, 0.1) is 0 Å². The van der Waals surface area contributed by atoms with Crippen LogP contribution in [0.5, 0.6) is 0 Å². The normalized spacial score (nSPS) is 16.6. The van der Waals surface area contributed by atoms with Crippen LogP contribution in [0.25, 0.3) is 0 Å². The van der Waals surface area contributed by atoms with Crippen LogP contribution in [0.15, 0.2) is 0 Å². The van der Waals surface area contributed by atoms with Crippen molar-refractivity contribution in [2.45, 2.75) is 38.6 Å². The van der Waals surface area contributed by atoms with Crippen molar-refractivity contribution in [1.29, 1.82) is 0 Å². The molecule has 0 unspecified atom stereocenters. The van der Waals surface area contributed by atoms with E-state index < -0.39 is 0 Å². The number of ether oxygens (including phenoxy) is 2. The molecule has 5 heteroatoms. The van der Waals surface area contributed by atoms with E-state index in [-0.39, 0.29) is 30.8 Å². The fraction of sp³-hybridized carbons (Fsp3) is 0.833. The van der Waals surface area contributed by atoms with Crippen LogP contribution in [0.1, 0.15) is 32.6 Å². The second-order valence-electron chi connectivity index (χ2n) is 4.15. The molecule has 0 saturated carbocycles. The number of nitrogens with zero attached hydrogens (tertiary/aromatic N) is 1. The van der Waals surface area contributed by atoms with Gasteiger partial charge in [-0.2, -0.15) is 0 Å². The summed E-state index contributed by atoms with van der Waals surface area (Å²) in [5.74, 6) is -0.300. The molecule has 0 radical (unpaired) electrons. The molecule has 0 spiro atoms. The number of hydrogen-bond acceptors (Lipinski definition) is 4. The maximum absolute atomic E-state index is 11.8. The smallest absolute Gasteiger partial charge is 0.306 e. The maximum atomic E-state index is 11.8. The highest BCUT2D eigenvalue weighted by Gasteiger charge is 2.22. The molecule has 5 nitrogen and oxygen atoms in total. The number of amides is 1. The minimum atomic E-state index is -0.304. The SMILES string of the molecule is CCOC(=O)CCC(=O)N(C)C1CCOCC1. The Morgan fingerprint density at radius 1 is 1.29 bits per heavy atom. The molecule has 0 atom stereocenters. The third-order valence-electron chi connectivity index (χ3n) is 2.98. The summed E-state index contributed by atoms with van der Waals surface area (Å²) in [5, 5.41) is 0. The van der Waals surface area contributed by atoms with Crippen molar-refractivity contribution < 1.29 is 19.1 Å². The van der Waals surface area contributed by atoms with Crippen LogP contribution in [0.3, 0.4) is 0 Å². The van der Waals surface area contributed by atoms with Gasteiger partial charge in [-0.25, -0.2) is 0 Å². The Kier molecular flexibility index (Phi) is 5.97. The third kappa shape index (κ3) is 4.73. The van der Waals surface area contributed by atoms with E-state index in [9.17, 15) is 9.59 Å². The molecule has 0 N–H and O–H groups in total. The Morgan fingerprint density at radius 2 is 1.94 bits per heavy atom. The van der Waals surface area contributed by atoms with Gasteiger partial charge in [0, 0.05) is 32.7 Å². The standard InChI is InChI=1S/C12H21NO4/c1-3-17-12(15)5-4-11(14)13(2)10-6-8-16-9-7-10/h10H,3-9H2,1-2H3. The molecule has 0 aromatic rings. The second kappa shape index (κ2) is 7.27. The highest BCUT2D eigenvalue weighted by atomic mass is 16.5. The molecule has 1 rings (SSSR count). The van der Waals surface area contributed by atoms with Crippen molar-refractivity contribution in [1.82, 2.24) is 4.90 Å². The van der Waals surface area contributed by atoms with E-state index in [1.54, 1.807) is 18.9 Å². The Morgan fingerprint density at radius 3 is 2.53 bits per heavy atom. The van der Waals surface area contributed by atoms with Crippen molar-refractivity contribution in [3.8, 4) is 0 Å². The summed E-state index contributed by atoms with van der Waals surface area (Å²) in [6.07, 6.45) is 2.15. The van der Waals surface area contributed by atoms with Crippen LogP contribution in [-0.2, 0) is 19.1 Å². The first-order valence-electron chi connectivity index (χ1n) is 6.14. The number of carbonyl (C=O) groups excluding carboxylic acids is 2. The Hall–Kier alpha value is -1.10. The lowest BCUT2D eigenvalue weighted by atomic mass is 10.1. The number of carbonyl (C=O) groups is 2. The van der Waals surface area contributed by atoms with Gasteiger partial charge in [0.2, 0.25) is 5.91 Å². The zero-order chi connectivity index (χ0) is 12.7. The highest BCUT2D eigenvalue weighted by Crippen LogP contribution is 2.14. The van der Waals surface area contributed by atoms with Gasteiger partial charge >= 0.3 is 5.97 Å². The van der Waals surface area contributed by atoms with Gasteiger partial charge in [-0.15, -0.1) is 0 Å². The molecule has 0 bridgehead atoms. The fourth-order valence-electron chi connectivity index (χ4n) is 1.89. The first-order chi connectivity index (χ1) is 8.15. The van der Waals surface area contributed by atoms with Gasteiger partial charge in [-0.3, -0.25) is 9.59 Å². The van der Waals surface area contributed by atoms with E-state index in [0.29, 0.717) is 19.8 Å². The molecule has 0 aromatic carbocycles. The van der Waals surface area contributed by atoms with Crippen LogP contribution in [-0.4, -0.2) is 49.7 Å². The molecular formula is C12H21NO4. The second-order valence-corrected chi connectivity index (χ2v) is 4.15. The number of rotatable bonds is 5. The summed E-state index contributed by atoms with van der Waals surface area (Å²) < 4.78 is 10.0. The summed E-state index contributed by atoms with van der Waals surface area (Å²) in [6.45, 7) is 3.54. The van der Waals surface area contributed by atoms with Crippen LogP contribution < -0.4 is 0 Å². The molecular weight excluding hydrogens is 222 g/mol. The molecule has 0 aliphatic carbocycles. The van der Waals surface area contributed by atoms with E-state index in [2.05, 4.69) is 0 Å². The van der Waals surface area contributed by atoms with E-state index in [0.717, 1.165) is 12.8 Å². The van der Waals surface area contributed by atoms with E-state index in [1.165, 1.54) is 0 Å². The minimum absolute atomic E-state index is 0.00459. The molecule has 17 heavy (non-hydrogen) atoms. The van der Waals surface area contributed by atoms with Gasteiger partial charge in [-0.05, 0) is 19.8 Å². The minimum Gasteiger partial charge on any atom is -0.466 e. The zero-order valence-electron chi connectivity index (χ0n) is 10.6. The average Bonchev–Trinajstić information content (AvgIpc) is 2.36. The lowest BCUT2D eigenvalue weighted by Gasteiger charge is -2.31. The van der Waals surface area contributed by atoms with Gasteiger partial charge in [0.1, 0.15) is 0 Å². The van der Waals surface area contributed by atoms with E-state index >= 15 is 0 Å². The topological polar surface area (TPSA) is 55.8 Å². The molecule has 1 heterocycles. The average molecular weight is 243 g/mol. The van der Waals surface area contributed by atoms with Crippen molar-refractivity contribution in [2.75, 3.05) is 26.9 Å². The van der Waals surface area contributed by atoms with Crippen molar-refractivity contribution in [3.05, 3.63) is 0 Å². The summed E-state index contributed by atoms with van der Waals surface area (Å²) >= 11 is 0. The van der Waals surface area contributed by atoms with Crippen LogP contribution in [0.2, 0.25) is 0 Å². The molecule has 1 fully saturated rings. The zero-order valence-corrected chi connectivity index (χ0v) is 10.6. The Bertz CT molecular complexity index is 261. The Labute approximate surface area is 102 Å². The van der Waals surface area contributed by atoms with Gasteiger partial charge in [0.15, 0.2) is 0 Å². The van der Waals surface area contributed by atoms with Crippen LogP contribution in [0.4, 0.5) is 0 Å². The van der Waals surface area contributed by atoms with Crippen molar-refractivity contribution in [3.63, 3.8) is 0 Å². The highest BCUT2D eigenvalue weighted by molar-refractivity contribution is 5.81. The van der Waals surface area contributed by atoms with Gasteiger partial charge in [0.05, 0.1) is 13.0 Å². The predicted molar refractivity (Wildman–Crippen MR) is 62.5 cm³/mol. The summed E-state index contributed by atoms with van der Waals surface area (Å²) in [6, 6.07) is 0.249. The van der Waals surface area contributed by atoms with E-state index in [4.69, 9.17) is 9.47 Å². The monoisotopic (exact) mass is 243 g/mol. The van der Waals surface area contributed by atoms with Gasteiger partial charge in [-0.1, -0.05) is 0 Å². The largest absolute Gasteiger partial charge is 0.466 e. The maximum Gasteiger partial charge on any atom is 0.306 e. The summed E-state index contributed by atoms with van der Waals surface area (Å²) in [5.41, 5.74) is 0. The van der Waals surface area contributed by atoms with Gasteiger partial charge < -0.3 is 14.4 Å². The first kappa shape index (κ1) is 14.0. The Balaban J connectivity index is 2.28. The molecule has 1 aliphatic rings. The van der Waals surface area contributed by atoms with Gasteiger partial charge in [0.25, 0.3) is 0 Å². The molecule has 1 saturated heterocycles.